The standard InChI is InChI=1S/C26H34N2O3/c1-3-24(26(30)27-22-13-7-8-14-22)28(17-16-21-11-5-4-6-12-21)25(29)19-31-23-15-9-10-20(2)18-23/h4-6,9-12,15,18,22,24H,3,7-8,13-14,16-17,19H2,1-2H3,(H,27,30)/t24-/m0/s1. The number of carbonyl (C=O) groups is 2. The van der Waals surface area contributed by atoms with Crippen molar-refractivity contribution in [1.82, 2.24) is 10.2 Å². The molecular formula is C26H34N2O3. The van der Waals surface area contributed by atoms with Crippen molar-refractivity contribution in [1.29, 1.82) is 0 Å². The first kappa shape index (κ1) is 22.9. The van der Waals surface area contributed by atoms with E-state index >= 15 is 0 Å². The van der Waals surface area contributed by atoms with Gasteiger partial charge in [0.1, 0.15) is 11.8 Å². The summed E-state index contributed by atoms with van der Waals surface area (Å²) >= 11 is 0. The lowest BCUT2D eigenvalue weighted by atomic mass is 10.1. The van der Waals surface area contributed by atoms with E-state index in [0.29, 0.717) is 25.1 Å². The van der Waals surface area contributed by atoms with Gasteiger partial charge in [-0.25, -0.2) is 0 Å². The van der Waals surface area contributed by atoms with Crippen LogP contribution >= 0.6 is 0 Å². The second-order valence-corrected chi connectivity index (χ2v) is 8.34. The zero-order valence-corrected chi connectivity index (χ0v) is 18.7. The molecule has 0 unspecified atom stereocenters. The summed E-state index contributed by atoms with van der Waals surface area (Å²) in [7, 11) is 0. The van der Waals surface area contributed by atoms with Gasteiger partial charge in [-0.1, -0.05) is 62.2 Å². The molecule has 1 aliphatic rings. The predicted octanol–water partition coefficient (Wildman–Crippen LogP) is 4.28. The van der Waals surface area contributed by atoms with E-state index in [4.69, 9.17) is 4.74 Å². The van der Waals surface area contributed by atoms with Crippen LogP contribution in [0.1, 0.15) is 50.2 Å². The molecule has 0 radical (unpaired) electrons. The highest BCUT2D eigenvalue weighted by Gasteiger charge is 2.30. The topological polar surface area (TPSA) is 58.6 Å². The van der Waals surface area contributed by atoms with Crippen molar-refractivity contribution in [3.8, 4) is 5.75 Å². The van der Waals surface area contributed by atoms with Crippen LogP contribution in [0.5, 0.6) is 5.75 Å². The number of rotatable bonds is 10. The summed E-state index contributed by atoms with van der Waals surface area (Å²) in [5.41, 5.74) is 2.22. The highest BCUT2D eigenvalue weighted by molar-refractivity contribution is 5.88. The van der Waals surface area contributed by atoms with Gasteiger partial charge in [-0.3, -0.25) is 9.59 Å². The number of amides is 2. The lowest BCUT2D eigenvalue weighted by Gasteiger charge is -2.31. The Hall–Kier alpha value is -2.82. The van der Waals surface area contributed by atoms with E-state index in [-0.39, 0.29) is 24.5 Å². The van der Waals surface area contributed by atoms with Gasteiger partial charge >= 0.3 is 0 Å². The number of aryl methyl sites for hydroxylation is 1. The number of ether oxygens (including phenoxy) is 1. The van der Waals surface area contributed by atoms with Gasteiger partial charge in [0, 0.05) is 12.6 Å². The first-order valence-corrected chi connectivity index (χ1v) is 11.4. The van der Waals surface area contributed by atoms with E-state index in [0.717, 1.165) is 36.8 Å². The summed E-state index contributed by atoms with van der Waals surface area (Å²) in [5, 5.41) is 3.17. The average molecular weight is 423 g/mol. The SMILES string of the molecule is CC[C@@H](C(=O)NC1CCCC1)N(CCc1ccccc1)C(=O)COc1cccc(C)c1. The average Bonchev–Trinajstić information content (AvgIpc) is 3.28. The van der Waals surface area contributed by atoms with Gasteiger partial charge in [0.05, 0.1) is 0 Å². The van der Waals surface area contributed by atoms with Crippen molar-refractivity contribution < 1.29 is 14.3 Å². The first-order chi connectivity index (χ1) is 15.1. The monoisotopic (exact) mass is 422 g/mol. The number of nitrogens with one attached hydrogen (secondary N) is 1. The summed E-state index contributed by atoms with van der Waals surface area (Å²) in [6, 6.07) is 17.5. The molecule has 0 aliphatic heterocycles. The van der Waals surface area contributed by atoms with Crippen LogP contribution in [-0.4, -0.2) is 41.9 Å². The fourth-order valence-corrected chi connectivity index (χ4v) is 4.20. The molecule has 0 aromatic heterocycles. The molecule has 0 heterocycles. The van der Waals surface area contributed by atoms with Gasteiger partial charge in [-0.2, -0.15) is 0 Å². The fraction of sp³-hybridized carbons (Fsp3) is 0.462. The molecule has 0 bridgehead atoms. The molecule has 1 saturated carbocycles. The second kappa shape index (κ2) is 11.5. The largest absolute Gasteiger partial charge is 0.484 e. The molecule has 1 aliphatic carbocycles. The predicted molar refractivity (Wildman–Crippen MR) is 123 cm³/mol. The summed E-state index contributed by atoms with van der Waals surface area (Å²) in [6.07, 6.45) is 5.63. The van der Waals surface area contributed by atoms with Crippen molar-refractivity contribution in [2.45, 2.75) is 64.5 Å². The molecule has 31 heavy (non-hydrogen) atoms. The van der Waals surface area contributed by atoms with Crippen LogP contribution in [0.4, 0.5) is 0 Å². The minimum atomic E-state index is -0.488. The van der Waals surface area contributed by atoms with Crippen molar-refractivity contribution in [3.05, 3.63) is 65.7 Å². The van der Waals surface area contributed by atoms with Crippen LogP contribution in [0.25, 0.3) is 0 Å². The third kappa shape index (κ3) is 6.84. The van der Waals surface area contributed by atoms with Gasteiger partial charge in [-0.05, 0) is 55.9 Å². The number of benzene rings is 2. The molecule has 1 atom stereocenters. The van der Waals surface area contributed by atoms with Gasteiger partial charge in [-0.15, -0.1) is 0 Å². The molecule has 5 nitrogen and oxygen atoms in total. The van der Waals surface area contributed by atoms with Gasteiger partial charge < -0.3 is 15.0 Å². The minimum Gasteiger partial charge on any atom is -0.484 e. The first-order valence-electron chi connectivity index (χ1n) is 11.4. The highest BCUT2D eigenvalue weighted by atomic mass is 16.5. The molecule has 166 valence electrons. The number of carbonyl (C=O) groups excluding carboxylic acids is 2. The summed E-state index contributed by atoms with van der Waals surface area (Å²) in [6.45, 7) is 4.35. The summed E-state index contributed by atoms with van der Waals surface area (Å²) in [4.78, 5) is 27.9. The van der Waals surface area contributed by atoms with E-state index in [9.17, 15) is 9.59 Å². The minimum absolute atomic E-state index is 0.0497. The smallest absolute Gasteiger partial charge is 0.261 e. The Kier molecular flexibility index (Phi) is 8.51. The molecule has 1 fully saturated rings. The zero-order valence-electron chi connectivity index (χ0n) is 18.7. The van der Waals surface area contributed by atoms with E-state index < -0.39 is 6.04 Å². The van der Waals surface area contributed by atoms with Gasteiger partial charge in [0.15, 0.2) is 6.61 Å². The van der Waals surface area contributed by atoms with Crippen LogP contribution in [0, 0.1) is 6.92 Å². The van der Waals surface area contributed by atoms with E-state index in [1.54, 1.807) is 4.90 Å². The molecule has 2 aromatic rings. The Bertz CT molecular complexity index is 847. The summed E-state index contributed by atoms with van der Waals surface area (Å²) < 4.78 is 5.77. The molecule has 0 spiro atoms. The van der Waals surface area contributed by atoms with Crippen molar-refractivity contribution in [2.24, 2.45) is 0 Å². The third-order valence-electron chi connectivity index (χ3n) is 5.92. The molecule has 3 rings (SSSR count). The Balaban J connectivity index is 1.69. The fourth-order valence-electron chi connectivity index (χ4n) is 4.20. The normalized spacial score (nSPS) is 14.8. The Labute approximate surface area is 185 Å². The maximum Gasteiger partial charge on any atom is 0.261 e. The Morgan fingerprint density at radius 3 is 2.52 bits per heavy atom. The van der Waals surface area contributed by atoms with Crippen LogP contribution in [0.3, 0.4) is 0 Å². The van der Waals surface area contributed by atoms with E-state index in [2.05, 4.69) is 5.32 Å². The molecule has 2 aromatic carbocycles. The molecule has 1 N–H and O–H groups in total. The van der Waals surface area contributed by atoms with Crippen molar-refractivity contribution >= 4 is 11.8 Å². The Morgan fingerprint density at radius 1 is 1.10 bits per heavy atom. The third-order valence-corrected chi connectivity index (χ3v) is 5.92. The van der Waals surface area contributed by atoms with Crippen LogP contribution in [0.2, 0.25) is 0 Å². The Morgan fingerprint density at radius 2 is 1.84 bits per heavy atom. The van der Waals surface area contributed by atoms with E-state index in [1.807, 2.05) is 68.4 Å². The second-order valence-electron chi connectivity index (χ2n) is 8.34. The maximum absolute atomic E-state index is 13.2. The molecule has 5 heteroatoms. The van der Waals surface area contributed by atoms with Crippen LogP contribution in [-0.2, 0) is 16.0 Å². The number of nitrogens with zero attached hydrogens (tertiary/aromatic N) is 1. The quantitative estimate of drug-likeness (QED) is 0.622. The van der Waals surface area contributed by atoms with Crippen molar-refractivity contribution in [2.75, 3.05) is 13.2 Å². The van der Waals surface area contributed by atoms with Gasteiger partial charge in [0.25, 0.3) is 5.91 Å². The van der Waals surface area contributed by atoms with Crippen LogP contribution in [0.15, 0.2) is 54.6 Å². The molecule has 2 amide bonds. The number of hydrogen-bond donors (Lipinski definition) is 1. The van der Waals surface area contributed by atoms with Crippen LogP contribution < -0.4 is 10.1 Å². The maximum atomic E-state index is 13.2. The molecular weight excluding hydrogens is 388 g/mol. The summed E-state index contributed by atoms with van der Waals surface area (Å²) in [5.74, 6) is 0.456. The molecule has 0 saturated heterocycles. The van der Waals surface area contributed by atoms with E-state index in [1.165, 1.54) is 0 Å². The zero-order chi connectivity index (χ0) is 22.1. The van der Waals surface area contributed by atoms with Gasteiger partial charge in [0.2, 0.25) is 5.91 Å². The highest BCUT2D eigenvalue weighted by Crippen LogP contribution is 2.19. The number of hydrogen-bond acceptors (Lipinski definition) is 3. The van der Waals surface area contributed by atoms with Crippen molar-refractivity contribution in [3.63, 3.8) is 0 Å². The lowest BCUT2D eigenvalue weighted by molar-refractivity contribution is -0.142. The lowest BCUT2D eigenvalue weighted by Crippen LogP contribution is -2.52.